The Bertz CT molecular complexity index is 518. The molecule has 0 heterocycles. The average Bonchev–Trinajstić information content (AvgIpc) is 2.16. The smallest absolute Gasteiger partial charge is 0.335 e. The highest BCUT2D eigenvalue weighted by Gasteiger charge is 2.21. The Kier molecular flexibility index (Phi) is 3.23. The van der Waals surface area contributed by atoms with Crippen molar-refractivity contribution in [3.8, 4) is 0 Å². The third kappa shape index (κ3) is 2.76. The average molecular weight is 245 g/mol. The molecule has 0 amide bonds. The number of sulfone groups is 1. The third-order valence-corrected chi connectivity index (χ3v) is 3.28. The molecule has 1 aromatic carbocycles. The van der Waals surface area contributed by atoms with Gasteiger partial charge in [-0.2, -0.15) is 0 Å². The van der Waals surface area contributed by atoms with Gasteiger partial charge in [0.25, 0.3) is 0 Å². The van der Waals surface area contributed by atoms with Crippen LogP contribution in [0.25, 0.3) is 0 Å². The number of nitrogens with zero attached hydrogens (tertiary/aromatic N) is 1. The predicted octanol–water partition coefficient (Wildman–Crippen LogP) is 0.393. The van der Waals surface area contributed by atoms with Crippen LogP contribution < -0.4 is 0 Å². The van der Waals surface area contributed by atoms with Gasteiger partial charge in [-0.05, 0) is 24.3 Å². The fourth-order valence-corrected chi connectivity index (χ4v) is 2.00. The van der Waals surface area contributed by atoms with Crippen molar-refractivity contribution in [2.45, 2.75) is 4.90 Å². The Morgan fingerprint density at radius 1 is 1.31 bits per heavy atom. The van der Waals surface area contributed by atoms with Gasteiger partial charge >= 0.3 is 11.8 Å². The van der Waals surface area contributed by atoms with Gasteiger partial charge in [-0.15, -0.1) is 0 Å². The number of carboxylic acid groups (broad SMARTS) is 1. The molecule has 0 aliphatic carbocycles. The lowest BCUT2D eigenvalue weighted by molar-refractivity contribution is -0.458. The maximum absolute atomic E-state index is 11.3. The van der Waals surface area contributed by atoms with E-state index in [9.17, 15) is 23.3 Å². The molecule has 1 rings (SSSR count). The summed E-state index contributed by atoms with van der Waals surface area (Å²) in [4.78, 5) is 19.4. The minimum Gasteiger partial charge on any atom is -0.478 e. The second-order valence-electron chi connectivity index (χ2n) is 2.91. The van der Waals surface area contributed by atoms with Gasteiger partial charge in [-0.25, -0.2) is 13.2 Å². The van der Waals surface area contributed by atoms with Crippen LogP contribution in [0.5, 0.6) is 0 Å². The first-order chi connectivity index (χ1) is 7.33. The molecule has 0 atom stereocenters. The van der Waals surface area contributed by atoms with Gasteiger partial charge in [-0.1, -0.05) is 0 Å². The minimum absolute atomic E-state index is 0.0833. The number of nitro groups is 1. The van der Waals surface area contributed by atoms with Crippen LogP contribution in [0, 0.1) is 10.1 Å². The molecule has 86 valence electrons. The van der Waals surface area contributed by atoms with E-state index < -0.39 is 26.6 Å². The van der Waals surface area contributed by atoms with Crippen molar-refractivity contribution in [2.24, 2.45) is 0 Å². The summed E-state index contributed by atoms with van der Waals surface area (Å²) in [7, 11) is -3.99. The number of rotatable bonds is 4. The van der Waals surface area contributed by atoms with Crippen molar-refractivity contribution in [1.82, 2.24) is 0 Å². The quantitative estimate of drug-likeness (QED) is 0.606. The molecule has 0 aliphatic rings. The van der Waals surface area contributed by atoms with E-state index in [1.165, 1.54) is 0 Å². The molecule has 8 heteroatoms. The normalized spacial score (nSPS) is 11.0. The van der Waals surface area contributed by atoms with Crippen LogP contribution in [0.15, 0.2) is 29.2 Å². The number of carboxylic acids is 1. The SMILES string of the molecule is O=C(O)c1ccc(S(=O)(=O)C[N+](=O)[O-])cc1. The van der Waals surface area contributed by atoms with Gasteiger partial charge in [0.05, 0.1) is 10.5 Å². The van der Waals surface area contributed by atoms with E-state index in [0.717, 1.165) is 24.3 Å². The lowest BCUT2D eigenvalue weighted by Gasteiger charge is -2.00. The number of carbonyl (C=O) groups is 1. The van der Waals surface area contributed by atoms with Crippen LogP contribution in [0.2, 0.25) is 0 Å². The molecular formula is C8H7NO6S. The van der Waals surface area contributed by atoms with Crippen LogP contribution >= 0.6 is 0 Å². The topological polar surface area (TPSA) is 115 Å². The third-order valence-electron chi connectivity index (χ3n) is 1.74. The van der Waals surface area contributed by atoms with Crippen molar-refractivity contribution >= 4 is 15.8 Å². The molecule has 0 aromatic heterocycles. The first kappa shape index (κ1) is 12.1. The van der Waals surface area contributed by atoms with Crippen molar-refractivity contribution in [1.29, 1.82) is 0 Å². The second kappa shape index (κ2) is 4.27. The van der Waals surface area contributed by atoms with Crippen LogP contribution in [0.4, 0.5) is 0 Å². The molecule has 16 heavy (non-hydrogen) atoms. The van der Waals surface area contributed by atoms with Crippen molar-refractivity contribution in [2.75, 3.05) is 5.88 Å². The van der Waals surface area contributed by atoms with E-state index in [4.69, 9.17) is 5.11 Å². The molecule has 1 N–H and O–H groups in total. The molecular weight excluding hydrogens is 238 g/mol. The lowest BCUT2D eigenvalue weighted by atomic mass is 10.2. The second-order valence-corrected chi connectivity index (χ2v) is 4.87. The Labute approximate surface area is 90.4 Å². The zero-order chi connectivity index (χ0) is 12.3. The zero-order valence-electron chi connectivity index (χ0n) is 7.86. The summed E-state index contributed by atoms with van der Waals surface area (Å²) in [6.45, 7) is 0. The predicted molar refractivity (Wildman–Crippen MR) is 52.4 cm³/mol. The fraction of sp³-hybridized carbons (Fsp3) is 0.125. The van der Waals surface area contributed by atoms with Crippen molar-refractivity contribution in [3.63, 3.8) is 0 Å². The molecule has 0 aliphatic heterocycles. The molecule has 0 radical (unpaired) electrons. The molecule has 0 bridgehead atoms. The molecule has 0 unspecified atom stereocenters. The monoisotopic (exact) mass is 245 g/mol. The van der Waals surface area contributed by atoms with E-state index >= 15 is 0 Å². The van der Waals surface area contributed by atoms with E-state index in [0.29, 0.717) is 0 Å². The molecule has 7 nitrogen and oxygen atoms in total. The van der Waals surface area contributed by atoms with E-state index in [-0.39, 0.29) is 10.5 Å². The van der Waals surface area contributed by atoms with E-state index in [2.05, 4.69) is 0 Å². The molecule has 0 fully saturated rings. The van der Waals surface area contributed by atoms with Gasteiger partial charge in [0.15, 0.2) is 0 Å². The van der Waals surface area contributed by atoms with Crippen LogP contribution in [-0.4, -0.2) is 30.3 Å². The first-order valence-electron chi connectivity index (χ1n) is 4.01. The standard InChI is InChI=1S/C8H7NO6S/c10-8(11)6-1-3-7(4-2-6)16(14,15)5-9(12)13/h1-4H,5H2,(H,10,11). The summed E-state index contributed by atoms with van der Waals surface area (Å²) in [5, 5.41) is 18.7. The summed E-state index contributed by atoms with van der Waals surface area (Å²) in [6, 6.07) is 4.22. The number of hydrogen-bond acceptors (Lipinski definition) is 5. The van der Waals surface area contributed by atoms with Gasteiger partial charge in [0.1, 0.15) is 0 Å². The van der Waals surface area contributed by atoms with Gasteiger partial charge < -0.3 is 5.11 Å². The van der Waals surface area contributed by atoms with E-state index in [1.807, 2.05) is 0 Å². The first-order valence-corrected chi connectivity index (χ1v) is 5.66. The van der Waals surface area contributed by atoms with Crippen molar-refractivity contribution in [3.05, 3.63) is 39.9 Å². The summed E-state index contributed by atoms with van der Waals surface area (Å²) < 4.78 is 22.7. The Hall–Kier alpha value is -1.96. The number of hydrogen-bond donors (Lipinski definition) is 1. The Morgan fingerprint density at radius 2 is 1.81 bits per heavy atom. The fourth-order valence-electron chi connectivity index (χ4n) is 1.02. The lowest BCUT2D eigenvalue weighted by Crippen LogP contribution is -2.14. The van der Waals surface area contributed by atoms with Gasteiger partial charge in [0.2, 0.25) is 9.84 Å². The summed E-state index contributed by atoms with van der Waals surface area (Å²) in [5.41, 5.74) is -0.0833. The van der Waals surface area contributed by atoms with Crippen molar-refractivity contribution < 1.29 is 23.2 Å². The Balaban J connectivity index is 3.07. The van der Waals surface area contributed by atoms with Gasteiger partial charge in [-0.3, -0.25) is 10.1 Å². The zero-order valence-corrected chi connectivity index (χ0v) is 8.68. The molecule has 1 aromatic rings. The highest BCUT2D eigenvalue weighted by atomic mass is 32.2. The van der Waals surface area contributed by atoms with Crippen LogP contribution in [0.3, 0.4) is 0 Å². The van der Waals surface area contributed by atoms with Crippen LogP contribution in [0.1, 0.15) is 10.4 Å². The minimum atomic E-state index is -3.99. The summed E-state index contributed by atoms with van der Waals surface area (Å²) in [5.74, 6) is -2.40. The highest BCUT2D eigenvalue weighted by molar-refractivity contribution is 7.91. The molecule has 0 saturated heterocycles. The van der Waals surface area contributed by atoms with E-state index in [1.54, 1.807) is 0 Å². The number of benzene rings is 1. The summed E-state index contributed by atoms with van der Waals surface area (Å²) in [6.07, 6.45) is 0. The maximum atomic E-state index is 11.3. The number of aromatic carboxylic acids is 1. The molecule has 0 spiro atoms. The Morgan fingerprint density at radius 3 is 2.19 bits per heavy atom. The molecule has 0 saturated carbocycles. The summed E-state index contributed by atoms with van der Waals surface area (Å²) >= 11 is 0. The highest BCUT2D eigenvalue weighted by Crippen LogP contribution is 2.12. The van der Waals surface area contributed by atoms with Crippen LogP contribution in [-0.2, 0) is 9.84 Å². The van der Waals surface area contributed by atoms with Gasteiger partial charge in [0, 0.05) is 4.92 Å². The maximum Gasteiger partial charge on any atom is 0.335 e. The largest absolute Gasteiger partial charge is 0.478 e.